The average Bonchev–Trinajstić information content (AvgIpc) is 3.10. The van der Waals surface area contributed by atoms with Crippen molar-refractivity contribution in [2.45, 2.75) is 13.8 Å². The Morgan fingerprint density at radius 1 is 0.410 bits per heavy atom. The number of fused-ring (bicyclic) bond motifs is 13. The Bertz CT molecular complexity index is 2360. The predicted molar refractivity (Wildman–Crippen MR) is 160 cm³/mol. The van der Waals surface area contributed by atoms with Crippen LogP contribution in [0.3, 0.4) is 0 Å². The highest BCUT2D eigenvalue weighted by Gasteiger charge is 2.21. The van der Waals surface area contributed by atoms with Crippen LogP contribution < -0.4 is 8.80 Å². The Balaban J connectivity index is 1.77. The third-order valence-corrected chi connectivity index (χ3v) is 7.88. The van der Waals surface area contributed by atoms with E-state index in [1.54, 1.807) is 0 Å². The summed E-state index contributed by atoms with van der Waals surface area (Å²) in [5, 5.41) is 6.91. The van der Waals surface area contributed by atoms with Gasteiger partial charge in [0.15, 0.2) is 12.4 Å². The fourth-order valence-corrected chi connectivity index (χ4v) is 6.07. The molecule has 8 aromatic rings. The fourth-order valence-electron chi connectivity index (χ4n) is 6.07. The van der Waals surface area contributed by atoms with Gasteiger partial charge in [-0.15, -0.1) is 0 Å². The van der Waals surface area contributed by atoms with Crippen molar-refractivity contribution >= 4 is 65.6 Å². The van der Waals surface area contributed by atoms with E-state index in [9.17, 15) is 0 Å². The van der Waals surface area contributed by atoms with E-state index in [2.05, 4.69) is 138 Å². The van der Waals surface area contributed by atoms with Crippen LogP contribution >= 0.6 is 0 Å². The lowest BCUT2D eigenvalue weighted by Gasteiger charge is -2.04. The maximum absolute atomic E-state index is 6.72. The summed E-state index contributed by atoms with van der Waals surface area (Å²) in [5.41, 5.74) is 8.70. The Morgan fingerprint density at radius 3 is 1.69 bits per heavy atom. The third-order valence-electron chi connectivity index (χ3n) is 7.88. The van der Waals surface area contributed by atoms with Gasteiger partial charge >= 0.3 is 0 Å². The summed E-state index contributed by atoms with van der Waals surface area (Å²) in [7, 11) is 0. The van der Waals surface area contributed by atoms with Crippen molar-refractivity contribution in [3.8, 4) is 0 Å². The van der Waals surface area contributed by atoms with Crippen molar-refractivity contribution in [1.29, 1.82) is 0 Å². The minimum atomic E-state index is 0.860. The maximum Gasteiger partial charge on any atom is 0.228 e. The van der Waals surface area contributed by atoms with Crippen molar-refractivity contribution < 1.29 is 13.2 Å². The molecule has 0 saturated carbocycles. The van der Waals surface area contributed by atoms with Crippen LogP contribution in [0.15, 0.2) is 126 Å². The lowest BCUT2D eigenvalue weighted by atomic mass is 10.0. The number of hydrogen-bond acceptors (Lipinski definition) is 1. The van der Waals surface area contributed by atoms with Crippen molar-refractivity contribution in [3.63, 3.8) is 0 Å². The zero-order valence-corrected chi connectivity index (χ0v) is 21.8. The van der Waals surface area contributed by atoms with Gasteiger partial charge in [-0.1, -0.05) is 54.6 Å². The molecule has 0 radical (unpaired) electrons. The molecular formula is C36H26N2O+2. The molecule has 0 fully saturated rings. The van der Waals surface area contributed by atoms with Crippen molar-refractivity contribution in [2.24, 2.45) is 0 Å². The van der Waals surface area contributed by atoms with E-state index < -0.39 is 0 Å². The summed E-state index contributed by atoms with van der Waals surface area (Å²) < 4.78 is 11.4. The van der Waals surface area contributed by atoms with Crippen molar-refractivity contribution in [2.75, 3.05) is 0 Å². The number of benzene rings is 4. The molecule has 4 aromatic carbocycles. The summed E-state index contributed by atoms with van der Waals surface area (Å²) in [6.45, 7) is 4.30. The highest BCUT2D eigenvalue weighted by Crippen LogP contribution is 2.33. The van der Waals surface area contributed by atoms with Crippen molar-refractivity contribution in [3.05, 3.63) is 133 Å². The summed E-state index contributed by atoms with van der Waals surface area (Å²) in [4.78, 5) is 0. The van der Waals surface area contributed by atoms with E-state index in [-0.39, 0.29) is 0 Å². The smallest absolute Gasteiger partial charge is 0.228 e. The van der Waals surface area contributed by atoms with Gasteiger partial charge in [-0.05, 0) is 55.0 Å². The topological polar surface area (TPSA) is 21.3 Å². The Hall–Kier alpha value is -5.02. The maximum atomic E-state index is 6.72. The average molecular weight is 503 g/mol. The summed E-state index contributed by atoms with van der Waals surface area (Å²) in [6, 6.07) is 39.0. The second kappa shape index (κ2) is 8.24. The van der Waals surface area contributed by atoms with Gasteiger partial charge < -0.3 is 4.42 Å². The first-order valence-corrected chi connectivity index (χ1v) is 13.4. The highest BCUT2D eigenvalue weighted by atomic mass is 16.3. The Kier molecular flexibility index (Phi) is 4.65. The second-order valence-corrected chi connectivity index (χ2v) is 10.4. The van der Waals surface area contributed by atoms with E-state index >= 15 is 0 Å². The molecule has 0 aliphatic carbocycles. The molecule has 0 bridgehead atoms. The molecular weight excluding hydrogens is 476 g/mol. The van der Waals surface area contributed by atoms with Crippen LogP contribution in [0.4, 0.5) is 0 Å². The van der Waals surface area contributed by atoms with Gasteiger partial charge in [0.05, 0.1) is 6.07 Å². The van der Waals surface area contributed by atoms with E-state index in [1.165, 1.54) is 32.8 Å². The molecule has 39 heavy (non-hydrogen) atoms. The zero-order chi connectivity index (χ0) is 26.1. The molecule has 0 unspecified atom stereocenters. The van der Waals surface area contributed by atoms with Gasteiger partial charge in [0, 0.05) is 40.1 Å². The lowest BCUT2D eigenvalue weighted by Crippen LogP contribution is -2.27. The van der Waals surface area contributed by atoms with Crippen LogP contribution in [0.25, 0.3) is 65.6 Å². The molecule has 184 valence electrons. The molecule has 0 aliphatic heterocycles. The van der Waals surface area contributed by atoms with Crippen LogP contribution in [0.2, 0.25) is 0 Å². The molecule has 0 N–H and O–H groups in total. The molecule has 4 heterocycles. The van der Waals surface area contributed by atoms with Crippen molar-refractivity contribution in [1.82, 2.24) is 0 Å². The van der Waals surface area contributed by atoms with Crippen LogP contribution in [-0.2, 0) is 0 Å². The van der Waals surface area contributed by atoms with Crippen LogP contribution in [0.1, 0.15) is 11.1 Å². The zero-order valence-electron chi connectivity index (χ0n) is 21.8. The molecule has 4 aromatic heterocycles. The molecule has 0 saturated heterocycles. The number of hydrogen-bond donors (Lipinski definition) is 0. The standard InChI is InChI=1S/C36H26N2O/c1-23-16-18-33-30-19-29-26-10-4-3-9-25(26)27-11-6-8-14-35(27)39-36(29)20-34(30)38-22-24(2)15-17-32(38)28-12-5-7-13-31(28)37(33)21-23/h3-22H,1-2H3/q+2. The quantitative estimate of drug-likeness (QED) is 0.191. The molecule has 8 rings (SSSR count). The predicted octanol–water partition coefficient (Wildman–Crippen LogP) is 8.26. The molecule has 0 aliphatic rings. The molecule has 0 spiro atoms. The number of rotatable bonds is 0. The number of aromatic nitrogens is 2. The van der Waals surface area contributed by atoms with E-state index in [0.29, 0.717) is 0 Å². The first kappa shape index (κ1) is 22.0. The molecule has 3 heteroatoms. The van der Waals surface area contributed by atoms with E-state index in [1.807, 2.05) is 6.07 Å². The number of pyridine rings is 2. The van der Waals surface area contributed by atoms with Gasteiger partial charge in [-0.2, -0.15) is 8.80 Å². The van der Waals surface area contributed by atoms with Crippen LogP contribution in [0, 0.1) is 13.8 Å². The summed E-state index contributed by atoms with van der Waals surface area (Å²) in [6.07, 6.45) is 4.48. The first-order valence-electron chi connectivity index (χ1n) is 13.4. The Morgan fingerprint density at radius 2 is 0.949 bits per heavy atom. The monoisotopic (exact) mass is 502 g/mol. The largest absolute Gasteiger partial charge is 0.456 e. The second-order valence-electron chi connectivity index (χ2n) is 10.4. The molecule has 0 amide bonds. The van der Waals surface area contributed by atoms with Gasteiger partial charge in [0.25, 0.3) is 0 Å². The third kappa shape index (κ3) is 3.30. The first-order chi connectivity index (χ1) is 19.2. The van der Waals surface area contributed by atoms with E-state index in [4.69, 9.17) is 4.42 Å². The minimum Gasteiger partial charge on any atom is -0.456 e. The van der Waals surface area contributed by atoms with Crippen LogP contribution in [0.5, 0.6) is 0 Å². The van der Waals surface area contributed by atoms with Gasteiger partial charge in [-0.25, -0.2) is 0 Å². The van der Waals surface area contributed by atoms with E-state index in [0.717, 1.165) is 43.9 Å². The molecule has 3 nitrogen and oxygen atoms in total. The summed E-state index contributed by atoms with van der Waals surface area (Å²) >= 11 is 0. The summed E-state index contributed by atoms with van der Waals surface area (Å²) in [5.74, 6) is 0. The minimum absolute atomic E-state index is 0.860. The SMILES string of the molecule is Cc1ccc2c3cc4c(cc3[n+]3cc(C)ccc3c3ccccc3[n+]2c1)oc1ccccc1c1ccccc41. The molecule has 0 atom stereocenters. The van der Waals surface area contributed by atoms with Gasteiger partial charge in [0.1, 0.15) is 21.9 Å². The highest BCUT2D eigenvalue weighted by molar-refractivity contribution is 6.16. The van der Waals surface area contributed by atoms with Gasteiger partial charge in [-0.3, -0.25) is 0 Å². The van der Waals surface area contributed by atoms with Gasteiger partial charge in [0.2, 0.25) is 22.1 Å². The fraction of sp³-hybridized carbons (Fsp3) is 0.0556. The number of para-hydroxylation sites is 2. The lowest BCUT2D eigenvalue weighted by molar-refractivity contribution is -0.488. The number of nitrogens with zero attached hydrogens (tertiary/aromatic N) is 2. The van der Waals surface area contributed by atoms with Crippen LogP contribution in [-0.4, -0.2) is 0 Å². The Labute approximate surface area is 225 Å². The normalized spacial score (nSPS) is 11.8. The number of aryl methyl sites for hydroxylation is 2.